The van der Waals surface area contributed by atoms with Crippen LogP contribution in [0.25, 0.3) is 0 Å². The van der Waals surface area contributed by atoms with Gasteiger partial charge in [-0.15, -0.1) is 0 Å². The van der Waals surface area contributed by atoms with Crippen molar-refractivity contribution >= 4 is 5.91 Å². The number of hydrogen-bond donors (Lipinski definition) is 1. The Hall–Kier alpha value is -1.69. The van der Waals surface area contributed by atoms with Gasteiger partial charge in [0.05, 0.1) is 11.8 Å². The second kappa shape index (κ2) is 2.74. The Morgan fingerprint density at radius 2 is 2.50 bits per heavy atom. The van der Waals surface area contributed by atoms with Gasteiger partial charge in [-0.25, -0.2) is 0 Å². The summed E-state index contributed by atoms with van der Waals surface area (Å²) in [6, 6.07) is 1.65. The average molecular weight is 135 g/mol. The van der Waals surface area contributed by atoms with Crippen molar-refractivity contribution < 1.29 is 9.21 Å². The highest BCUT2D eigenvalue weighted by Gasteiger charge is 1.85. The first-order chi connectivity index (χ1) is 4.79. The number of nitrogens with two attached hydrogens (primary N) is 1. The quantitative estimate of drug-likeness (QED) is 0.513. The summed E-state index contributed by atoms with van der Waals surface area (Å²) in [5.74, 6) is 4.04. The van der Waals surface area contributed by atoms with Gasteiger partial charge in [0.25, 0.3) is 5.91 Å². The molecule has 0 saturated heterocycles. The zero-order chi connectivity index (χ0) is 7.40. The minimum Gasteiger partial charge on any atom is -0.471 e. The van der Waals surface area contributed by atoms with Crippen molar-refractivity contribution in [3.63, 3.8) is 0 Å². The predicted octanol–water partition coefficient (Wildman–Crippen LogP) is 0.116. The molecule has 0 aliphatic heterocycles. The van der Waals surface area contributed by atoms with Crippen molar-refractivity contribution in [1.82, 2.24) is 0 Å². The highest BCUT2D eigenvalue weighted by Crippen LogP contribution is 1.95. The molecule has 0 aliphatic carbocycles. The van der Waals surface area contributed by atoms with Crippen LogP contribution in [0.2, 0.25) is 0 Å². The minimum atomic E-state index is -0.638. The Morgan fingerprint density at radius 1 is 1.70 bits per heavy atom. The van der Waals surface area contributed by atoms with Gasteiger partial charge < -0.3 is 10.2 Å². The normalized spacial score (nSPS) is 8.00. The van der Waals surface area contributed by atoms with Crippen molar-refractivity contribution in [2.45, 2.75) is 0 Å². The Labute approximate surface area is 57.8 Å². The summed E-state index contributed by atoms with van der Waals surface area (Å²) in [6.45, 7) is 0. The molecular formula is C7H5NO2. The average Bonchev–Trinajstić information content (AvgIpc) is 2.34. The molecule has 3 heteroatoms. The summed E-state index contributed by atoms with van der Waals surface area (Å²) in [7, 11) is 0. The second-order valence-electron chi connectivity index (χ2n) is 1.63. The van der Waals surface area contributed by atoms with Crippen LogP contribution in [0.3, 0.4) is 0 Å². The van der Waals surface area contributed by atoms with E-state index >= 15 is 0 Å². The van der Waals surface area contributed by atoms with Gasteiger partial charge >= 0.3 is 0 Å². The molecule has 0 saturated carbocycles. The van der Waals surface area contributed by atoms with Gasteiger partial charge in [-0.05, 0) is 6.07 Å². The summed E-state index contributed by atoms with van der Waals surface area (Å²) in [4.78, 5) is 10.1. The van der Waals surface area contributed by atoms with Gasteiger partial charge in [0.2, 0.25) is 0 Å². The minimum absolute atomic E-state index is 0.638. The molecule has 0 aromatic carbocycles. The first-order valence-corrected chi connectivity index (χ1v) is 2.62. The highest BCUT2D eigenvalue weighted by molar-refractivity contribution is 5.92. The lowest BCUT2D eigenvalue weighted by atomic mass is 10.3. The Balaban J connectivity index is 2.75. The number of furan rings is 1. The van der Waals surface area contributed by atoms with Crippen molar-refractivity contribution in [2.24, 2.45) is 5.73 Å². The predicted molar refractivity (Wildman–Crippen MR) is 34.8 cm³/mol. The summed E-state index contributed by atoms with van der Waals surface area (Å²) in [6.07, 6.45) is 2.92. The van der Waals surface area contributed by atoms with E-state index in [2.05, 4.69) is 11.8 Å². The van der Waals surface area contributed by atoms with Crippen LogP contribution in [0.4, 0.5) is 0 Å². The van der Waals surface area contributed by atoms with E-state index in [0.717, 1.165) is 0 Å². The summed E-state index contributed by atoms with van der Waals surface area (Å²) < 4.78 is 4.69. The molecule has 0 radical (unpaired) electrons. The number of carbonyl (C=O) groups is 1. The maximum Gasteiger partial charge on any atom is 0.293 e. The van der Waals surface area contributed by atoms with Gasteiger partial charge in [-0.3, -0.25) is 4.79 Å². The fourth-order valence-electron chi connectivity index (χ4n) is 0.469. The first kappa shape index (κ1) is 6.43. The van der Waals surface area contributed by atoms with E-state index < -0.39 is 5.91 Å². The summed E-state index contributed by atoms with van der Waals surface area (Å²) >= 11 is 0. The molecule has 0 atom stereocenters. The van der Waals surface area contributed by atoms with E-state index in [4.69, 9.17) is 10.2 Å². The van der Waals surface area contributed by atoms with Gasteiger partial charge in [0, 0.05) is 5.92 Å². The van der Waals surface area contributed by atoms with E-state index in [1.54, 1.807) is 6.07 Å². The molecule has 1 aromatic heterocycles. The van der Waals surface area contributed by atoms with Crippen molar-refractivity contribution in [3.05, 3.63) is 24.2 Å². The van der Waals surface area contributed by atoms with Crippen LogP contribution >= 0.6 is 0 Å². The van der Waals surface area contributed by atoms with Gasteiger partial charge in [-0.1, -0.05) is 5.92 Å². The van der Waals surface area contributed by atoms with Crippen LogP contribution in [0.1, 0.15) is 5.56 Å². The molecule has 0 spiro atoms. The van der Waals surface area contributed by atoms with Gasteiger partial charge in [-0.2, -0.15) is 0 Å². The van der Waals surface area contributed by atoms with Crippen molar-refractivity contribution in [1.29, 1.82) is 0 Å². The van der Waals surface area contributed by atoms with E-state index in [-0.39, 0.29) is 0 Å². The first-order valence-electron chi connectivity index (χ1n) is 2.62. The molecule has 1 amide bonds. The third-order valence-corrected chi connectivity index (χ3v) is 0.851. The number of amides is 1. The number of hydrogen-bond acceptors (Lipinski definition) is 2. The monoisotopic (exact) mass is 135 g/mol. The maximum absolute atomic E-state index is 10.1. The third-order valence-electron chi connectivity index (χ3n) is 0.851. The largest absolute Gasteiger partial charge is 0.471 e. The van der Waals surface area contributed by atoms with Crippen molar-refractivity contribution in [3.8, 4) is 11.8 Å². The van der Waals surface area contributed by atoms with E-state index in [0.29, 0.717) is 5.56 Å². The van der Waals surface area contributed by atoms with Crippen LogP contribution in [0, 0.1) is 11.8 Å². The highest BCUT2D eigenvalue weighted by atomic mass is 16.3. The number of carbonyl (C=O) groups excluding carboxylic acids is 1. The molecule has 2 N–H and O–H groups in total. The number of rotatable bonds is 0. The Bertz CT molecular complexity index is 276. The molecule has 3 nitrogen and oxygen atoms in total. The maximum atomic E-state index is 10.1. The van der Waals surface area contributed by atoms with E-state index in [9.17, 15) is 4.79 Å². The van der Waals surface area contributed by atoms with Gasteiger partial charge in [0.1, 0.15) is 6.26 Å². The molecule has 50 valence electrons. The van der Waals surface area contributed by atoms with Crippen LogP contribution in [0.15, 0.2) is 23.0 Å². The zero-order valence-electron chi connectivity index (χ0n) is 5.13. The van der Waals surface area contributed by atoms with Crippen LogP contribution < -0.4 is 5.73 Å². The summed E-state index contributed by atoms with van der Waals surface area (Å²) in [5, 5.41) is 0. The Kier molecular flexibility index (Phi) is 1.76. The van der Waals surface area contributed by atoms with Gasteiger partial charge in [0.15, 0.2) is 0 Å². The Morgan fingerprint density at radius 3 is 3.00 bits per heavy atom. The molecule has 0 fully saturated rings. The second-order valence-corrected chi connectivity index (χ2v) is 1.63. The molecular weight excluding hydrogens is 130 g/mol. The SMILES string of the molecule is NC(=O)C#Cc1ccoc1. The fraction of sp³-hybridized carbons (Fsp3) is 0. The lowest BCUT2D eigenvalue weighted by Crippen LogP contribution is -2.05. The van der Waals surface area contributed by atoms with Crippen LogP contribution in [0.5, 0.6) is 0 Å². The van der Waals surface area contributed by atoms with Crippen LogP contribution in [-0.4, -0.2) is 5.91 Å². The molecule has 0 bridgehead atoms. The lowest BCUT2D eigenvalue weighted by molar-refractivity contribution is -0.112. The molecule has 10 heavy (non-hydrogen) atoms. The van der Waals surface area contributed by atoms with E-state index in [1.165, 1.54) is 12.5 Å². The molecule has 1 rings (SSSR count). The van der Waals surface area contributed by atoms with E-state index in [1.807, 2.05) is 0 Å². The topological polar surface area (TPSA) is 56.2 Å². The summed E-state index contributed by atoms with van der Waals surface area (Å²) in [5.41, 5.74) is 5.42. The molecule has 0 unspecified atom stereocenters. The smallest absolute Gasteiger partial charge is 0.293 e. The standard InChI is InChI=1S/C7H5NO2/c8-7(9)2-1-6-3-4-10-5-6/h3-5H,(H2,8,9). The molecule has 1 aromatic rings. The number of primary amides is 1. The van der Waals surface area contributed by atoms with Crippen molar-refractivity contribution in [2.75, 3.05) is 0 Å². The van der Waals surface area contributed by atoms with Crippen LogP contribution in [-0.2, 0) is 4.79 Å². The zero-order valence-corrected chi connectivity index (χ0v) is 5.13. The fourth-order valence-corrected chi connectivity index (χ4v) is 0.469. The molecule has 0 aliphatic rings. The molecule has 1 heterocycles. The lowest BCUT2D eigenvalue weighted by Gasteiger charge is -1.72. The third kappa shape index (κ3) is 1.67.